The first-order valence-corrected chi connectivity index (χ1v) is 9.70. The normalized spacial score (nSPS) is 10.6. The number of methoxy groups -OCH3 is 1. The van der Waals surface area contributed by atoms with Gasteiger partial charge in [-0.3, -0.25) is 24.5 Å². The molecule has 0 fully saturated rings. The highest BCUT2D eigenvalue weighted by Gasteiger charge is 2.27. The number of ether oxygens (including phenoxy) is 2. The number of fused-ring (bicyclic) bond motifs is 1. The van der Waals surface area contributed by atoms with Crippen LogP contribution in [0.2, 0.25) is 0 Å². The zero-order chi connectivity index (χ0) is 23.4. The number of carbonyl (C=O) groups excluding carboxylic acids is 3. The Labute approximate surface area is 182 Å². The molecule has 0 radical (unpaired) electrons. The third-order valence-electron chi connectivity index (χ3n) is 4.87. The van der Waals surface area contributed by atoms with Crippen LogP contribution in [0.3, 0.4) is 0 Å². The summed E-state index contributed by atoms with van der Waals surface area (Å²) < 4.78 is 11.5. The zero-order valence-corrected chi connectivity index (χ0v) is 17.7. The molecule has 10 heteroatoms. The molecule has 32 heavy (non-hydrogen) atoms. The molecule has 166 valence electrons. The zero-order valence-electron chi connectivity index (χ0n) is 17.7. The maximum atomic E-state index is 13.4. The first kappa shape index (κ1) is 22.5. The van der Waals surface area contributed by atoms with E-state index in [1.807, 2.05) is 0 Å². The molecule has 0 saturated heterocycles. The molecule has 0 saturated carbocycles. The lowest BCUT2D eigenvalue weighted by atomic mass is 10.0. The van der Waals surface area contributed by atoms with Crippen molar-refractivity contribution in [3.05, 3.63) is 75.1 Å². The summed E-state index contributed by atoms with van der Waals surface area (Å²) in [5.74, 6) is -1.59. The second-order valence-electron chi connectivity index (χ2n) is 6.77. The quantitative estimate of drug-likeness (QED) is 0.247. The standard InChI is InChI=1S/C22H21N3O7/c1-4-32-18(26)12-23-22(28)19-13(2)20(24-10-6-5-7-16(19)24)21(27)14-8-9-15(25(29)30)17(11-14)31-3/h5-11H,4,12H2,1-3H3,(H,23,28). The average Bonchev–Trinajstić information content (AvgIpc) is 3.08. The van der Waals surface area contributed by atoms with Crippen molar-refractivity contribution in [3.8, 4) is 5.75 Å². The number of hydrogen-bond acceptors (Lipinski definition) is 7. The second kappa shape index (κ2) is 9.29. The summed E-state index contributed by atoms with van der Waals surface area (Å²) in [6.45, 7) is 3.18. The van der Waals surface area contributed by atoms with Gasteiger partial charge in [0.05, 0.1) is 35.4 Å². The number of pyridine rings is 1. The number of hydrogen-bond donors (Lipinski definition) is 1. The van der Waals surface area contributed by atoms with Crippen LogP contribution in [-0.4, -0.2) is 47.2 Å². The van der Waals surface area contributed by atoms with E-state index in [2.05, 4.69) is 5.32 Å². The van der Waals surface area contributed by atoms with E-state index in [0.29, 0.717) is 11.1 Å². The van der Waals surface area contributed by atoms with E-state index in [1.54, 1.807) is 42.6 Å². The van der Waals surface area contributed by atoms with Crippen LogP contribution in [0.25, 0.3) is 5.52 Å². The minimum Gasteiger partial charge on any atom is -0.490 e. The number of carbonyl (C=O) groups is 3. The van der Waals surface area contributed by atoms with Crippen LogP contribution >= 0.6 is 0 Å². The minimum absolute atomic E-state index is 0.0493. The Morgan fingerprint density at radius 2 is 1.94 bits per heavy atom. The lowest BCUT2D eigenvalue weighted by molar-refractivity contribution is -0.385. The molecule has 0 spiro atoms. The van der Waals surface area contributed by atoms with Gasteiger partial charge in [0.1, 0.15) is 6.54 Å². The Balaban J connectivity index is 2.06. The van der Waals surface area contributed by atoms with Gasteiger partial charge in [-0.1, -0.05) is 6.07 Å². The minimum atomic E-state index is -0.600. The lowest BCUT2D eigenvalue weighted by Crippen LogP contribution is -2.31. The summed E-state index contributed by atoms with van der Waals surface area (Å²) in [7, 11) is 1.28. The topological polar surface area (TPSA) is 129 Å². The number of amides is 1. The predicted octanol–water partition coefficient (Wildman–Crippen LogP) is 2.69. The van der Waals surface area contributed by atoms with E-state index in [-0.39, 0.29) is 41.4 Å². The summed E-state index contributed by atoms with van der Waals surface area (Å²) in [4.78, 5) is 48.4. The Morgan fingerprint density at radius 3 is 2.59 bits per heavy atom. The maximum Gasteiger partial charge on any atom is 0.325 e. The Morgan fingerprint density at radius 1 is 1.19 bits per heavy atom. The largest absolute Gasteiger partial charge is 0.490 e. The number of ketones is 1. The van der Waals surface area contributed by atoms with Crippen LogP contribution in [0.5, 0.6) is 5.75 Å². The fraction of sp³-hybridized carbons (Fsp3) is 0.227. The molecule has 0 aliphatic rings. The van der Waals surface area contributed by atoms with Gasteiger partial charge in [-0.15, -0.1) is 0 Å². The second-order valence-corrected chi connectivity index (χ2v) is 6.77. The lowest BCUT2D eigenvalue weighted by Gasteiger charge is -2.07. The van der Waals surface area contributed by atoms with Crippen molar-refractivity contribution in [1.82, 2.24) is 9.72 Å². The van der Waals surface area contributed by atoms with E-state index >= 15 is 0 Å². The van der Waals surface area contributed by atoms with E-state index < -0.39 is 22.6 Å². The Bertz CT molecular complexity index is 1230. The number of esters is 1. The van der Waals surface area contributed by atoms with Crippen LogP contribution in [-0.2, 0) is 9.53 Å². The van der Waals surface area contributed by atoms with Crippen LogP contribution in [0, 0.1) is 17.0 Å². The highest BCUT2D eigenvalue weighted by atomic mass is 16.6. The van der Waals surface area contributed by atoms with Gasteiger partial charge in [0.25, 0.3) is 5.91 Å². The monoisotopic (exact) mass is 439 g/mol. The molecule has 3 rings (SSSR count). The van der Waals surface area contributed by atoms with Gasteiger partial charge < -0.3 is 19.2 Å². The highest BCUT2D eigenvalue weighted by Crippen LogP contribution is 2.30. The molecule has 1 amide bonds. The Hall–Kier alpha value is -4.21. The molecule has 2 aromatic heterocycles. The van der Waals surface area contributed by atoms with Gasteiger partial charge in [0, 0.05) is 17.8 Å². The van der Waals surface area contributed by atoms with Crippen LogP contribution in [0.1, 0.15) is 38.9 Å². The van der Waals surface area contributed by atoms with E-state index in [0.717, 1.165) is 0 Å². The fourth-order valence-corrected chi connectivity index (χ4v) is 3.46. The molecule has 0 aliphatic heterocycles. The van der Waals surface area contributed by atoms with Gasteiger partial charge in [0.15, 0.2) is 5.75 Å². The Kier molecular flexibility index (Phi) is 6.53. The van der Waals surface area contributed by atoms with Crippen molar-refractivity contribution in [1.29, 1.82) is 0 Å². The summed E-state index contributed by atoms with van der Waals surface area (Å²) in [6.07, 6.45) is 1.64. The molecule has 1 N–H and O–H groups in total. The molecule has 0 bridgehead atoms. The van der Waals surface area contributed by atoms with E-state index in [1.165, 1.54) is 25.3 Å². The first-order valence-electron chi connectivity index (χ1n) is 9.70. The van der Waals surface area contributed by atoms with Crippen molar-refractivity contribution < 1.29 is 28.8 Å². The van der Waals surface area contributed by atoms with Crippen molar-refractivity contribution in [2.75, 3.05) is 20.3 Å². The van der Waals surface area contributed by atoms with Gasteiger partial charge in [0.2, 0.25) is 5.78 Å². The summed E-state index contributed by atoms with van der Waals surface area (Å²) >= 11 is 0. The molecule has 3 aromatic rings. The summed E-state index contributed by atoms with van der Waals surface area (Å²) in [6, 6.07) is 8.94. The average molecular weight is 439 g/mol. The molecule has 1 aromatic carbocycles. The third-order valence-corrected chi connectivity index (χ3v) is 4.87. The number of rotatable bonds is 8. The van der Waals surface area contributed by atoms with Crippen molar-refractivity contribution in [2.45, 2.75) is 13.8 Å². The molecule has 2 heterocycles. The summed E-state index contributed by atoms with van der Waals surface area (Å²) in [5, 5.41) is 13.7. The number of nitrogens with one attached hydrogen (secondary N) is 1. The molecule has 10 nitrogen and oxygen atoms in total. The molecule has 0 atom stereocenters. The number of nitro benzene ring substituents is 1. The number of benzene rings is 1. The van der Waals surface area contributed by atoms with Crippen LogP contribution in [0.4, 0.5) is 5.69 Å². The van der Waals surface area contributed by atoms with Crippen molar-refractivity contribution >= 4 is 28.9 Å². The van der Waals surface area contributed by atoms with E-state index in [4.69, 9.17) is 9.47 Å². The van der Waals surface area contributed by atoms with Crippen LogP contribution in [0.15, 0.2) is 42.6 Å². The fourth-order valence-electron chi connectivity index (χ4n) is 3.46. The van der Waals surface area contributed by atoms with Crippen molar-refractivity contribution in [3.63, 3.8) is 0 Å². The van der Waals surface area contributed by atoms with Gasteiger partial charge >= 0.3 is 11.7 Å². The van der Waals surface area contributed by atoms with Gasteiger partial charge in [-0.05, 0) is 43.7 Å². The predicted molar refractivity (Wildman–Crippen MR) is 114 cm³/mol. The molecular weight excluding hydrogens is 418 g/mol. The van der Waals surface area contributed by atoms with Gasteiger partial charge in [-0.2, -0.15) is 0 Å². The molecular formula is C22H21N3O7. The third kappa shape index (κ3) is 4.15. The number of nitro groups is 1. The smallest absolute Gasteiger partial charge is 0.325 e. The highest BCUT2D eigenvalue weighted by molar-refractivity contribution is 6.14. The molecule has 0 aliphatic carbocycles. The maximum absolute atomic E-state index is 13.4. The van der Waals surface area contributed by atoms with Gasteiger partial charge in [-0.25, -0.2) is 0 Å². The van der Waals surface area contributed by atoms with Crippen molar-refractivity contribution in [2.24, 2.45) is 0 Å². The van der Waals surface area contributed by atoms with Crippen LogP contribution < -0.4 is 10.1 Å². The number of nitrogens with zero attached hydrogens (tertiary/aromatic N) is 2. The summed E-state index contributed by atoms with van der Waals surface area (Å²) in [5.41, 5.74) is 1.24. The first-order chi connectivity index (χ1) is 15.3. The SMILES string of the molecule is CCOC(=O)CNC(=O)c1c(C)c(C(=O)c2ccc([N+](=O)[O-])c(OC)c2)n2ccccc12. The van der Waals surface area contributed by atoms with E-state index in [9.17, 15) is 24.5 Å². The molecule has 0 unspecified atom stereocenters. The number of aromatic nitrogens is 1.